The average Bonchev–Trinajstić information content (AvgIpc) is 2.75. The predicted molar refractivity (Wildman–Crippen MR) is 70.6 cm³/mol. The quantitative estimate of drug-likeness (QED) is 0.844. The molecule has 1 fully saturated rings. The van der Waals surface area contributed by atoms with Crippen molar-refractivity contribution in [1.82, 2.24) is 20.6 Å². The minimum atomic E-state index is -0.486. The first-order valence-electron chi connectivity index (χ1n) is 6.44. The summed E-state index contributed by atoms with van der Waals surface area (Å²) in [6.45, 7) is 6.39. The van der Waals surface area contributed by atoms with Crippen LogP contribution in [0.5, 0.6) is 0 Å². The van der Waals surface area contributed by atoms with Crippen molar-refractivity contribution < 1.29 is 9.53 Å². The number of nitrogens with zero attached hydrogens (tertiary/aromatic N) is 2. The van der Waals surface area contributed by atoms with Crippen molar-refractivity contribution in [1.29, 1.82) is 0 Å². The van der Waals surface area contributed by atoms with E-state index < -0.39 is 5.60 Å². The summed E-state index contributed by atoms with van der Waals surface area (Å²) >= 11 is 0. The van der Waals surface area contributed by atoms with Crippen LogP contribution in [-0.2, 0) is 4.74 Å². The molecule has 1 aromatic heterocycles. The molecular weight excluding hydrogens is 244 g/mol. The monoisotopic (exact) mass is 264 g/mol. The van der Waals surface area contributed by atoms with Crippen LogP contribution in [0.4, 0.5) is 4.79 Å². The molecule has 6 nitrogen and oxygen atoms in total. The highest BCUT2D eigenvalue weighted by Crippen LogP contribution is 2.22. The van der Waals surface area contributed by atoms with Crippen molar-refractivity contribution in [2.45, 2.75) is 44.9 Å². The van der Waals surface area contributed by atoms with Crippen LogP contribution in [0.2, 0.25) is 0 Å². The molecule has 1 aromatic rings. The number of hydrogen-bond donors (Lipinski definition) is 2. The number of hydrogen-bond acceptors (Lipinski definition) is 5. The number of aromatic nitrogens is 2. The highest BCUT2D eigenvalue weighted by Gasteiger charge is 2.31. The minimum absolute atomic E-state index is 0.00949. The lowest BCUT2D eigenvalue weighted by Crippen LogP contribution is -2.41. The summed E-state index contributed by atoms with van der Waals surface area (Å²) in [6, 6.07) is 1.85. The first-order chi connectivity index (χ1) is 8.96. The van der Waals surface area contributed by atoms with Crippen molar-refractivity contribution in [2.24, 2.45) is 0 Å². The molecular formula is C13H20N4O2. The van der Waals surface area contributed by atoms with Gasteiger partial charge in [-0.15, -0.1) is 0 Å². The molecule has 1 aliphatic rings. The molecule has 104 valence electrons. The zero-order chi connectivity index (χ0) is 13.9. The van der Waals surface area contributed by atoms with E-state index in [1.807, 2.05) is 26.8 Å². The van der Waals surface area contributed by atoms with Crippen LogP contribution in [0.1, 0.15) is 38.9 Å². The summed E-state index contributed by atoms with van der Waals surface area (Å²) in [4.78, 5) is 19.9. The fraction of sp³-hybridized carbons (Fsp3) is 0.615. The van der Waals surface area contributed by atoms with E-state index in [9.17, 15) is 4.79 Å². The largest absolute Gasteiger partial charge is 0.444 e. The molecule has 2 N–H and O–H groups in total. The molecule has 6 heteroatoms. The van der Waals surface area contributed by atoms with Gasteiger partial charge in [-0.25, -0.2) is 14.8 Å². The lowest BCUT2D eigenvalue weighted by molar-refractivity contribution is 0.0500. The van der Waals surface area contributed by atoms with E-state index >= 15 is 0 Å². The molecule has 2 atom stereocenters. The maximum atomic E-state index is 11.8. The standard InChI is InChI=1S/C13H20N4O2/c1-13(2,3)19-12(18)17-10-5-7-15-11(10)9-4-6-14-8-16-9/h4,6,8,10-11,15H,5,7H2,1-3H3,(H,17,18)/t10-,11+/m1/s1. The lowest BCUT2D eigenvalue weighted by Gasteiger charge is -2.24. The Hall–Kier alpha value is -1.69. The third kappa shape index (κ3) is 3.89. The Morgan fingerprint density at radius 3 is 2.95 bits per heavy atom. The molecule has 1 aliphatic heterocycles. The molecule has 19 heavy (non-hydrogen) atoms. The zero-order valence-electron chi connectivity index (χ0n) is 11.5. The Bertz CT molecular complexity index is 430. The zero-order valence-corrected chi connectivity index (χ0v) is 11.5. The summed E-state index contributed by atoms with van der Waals surface area (Å²) in [5.41, 5.74) is 0.397. The van der Waals surface area contributed by atoms with Crippen molar-refractivity contribution in [3.63, 3.8) is 0 Å². The summed E-state index contributed by atoms with van der Waals surface area (Å²) < 4.78 is 5.27. The second-order valence-corrected chi connectivity index (χ2v) is 5.61. The van der Waals surface area contributed by atoms with Gasteiger partial charge in [-0.3, -0.25) is 0 Å². The third-order valence-electron chi connectivity index (χ3n) is 2.85. The Morgan fingerprint density at radius 2 is 2.32 bits per heavy atom. The SMILES string of the molecule is CC(C)(C)OC(=O)N[C@@H]1CCN[C@H]1c1ccncn1. The van der Waals surface area contributed by atoms with Gasteiger partial charge in [0.25, 0.3) is 0 Å². The fourth-order valence-corrected chi connectivity index (χ4v) is 2.11. The van der Waals surface area contributed by atoms with Gasteiger partial charge in [0, 0.05) is 6.20 Å². The van der Waals surface area contributed by atoms with Gasteiger partial charge >= 0.3 is 6.09 Å². The summed E-state index contributed by atoms with van der Waals surface area (Å²) in [5.74, 6) is 0. The number of carbonyl (C=O) groups excluding carboxylic acids is 1. The van der Waals surface area contributed by atoms with Crippen LogP contribution >= 0.6 is 0 Å². The lowest BCUT2D eigenvalue weighted by atomic mass is 10.1. The predicted octanol–water partition coefficient (Wildman–Crippen LogP) is 1.40. The summed E-state index contributed by atoms with van der Waals surface area (Å²) in [7, 11) is 0. The molecule has 2 heterocycles. The summed E-state index contributed by atoms with van der Waals surface area (Å²) in [6.07, 6.45) is 3.68. The van der Waals surface area contributed by atoms with Crippen LogP contribution in [-0.4, -0.2) is 34.2 Å². The van der Waals surface area contributed by atoms with Crippen LogP contribution < -0.4 is 10.6 Å². The first-order valence-corrected chi connectivity index (χ1v) is 6.44. The molecule has 1 amide bonds. The van der Waals surface area contributed by atoms with Gasteiger partial charge in [-0.2, -0.15) is 0 Å². The van der Waals surface area contributed by atoms with E-state index in [0.29, 0.717) is 0 Å². The van der Waals surface area contributed by atoms with E-state index in [1.54, 1.807) is 6.20 Å². The van der Waals surface area contributed by atoms with Crippen molar-refractivity contribution >= 4 is 6.09 Å². The van der Waals surface area contributed by atoms with Gasteiger partial charge < -0.3 is 15.4 Å². The molecule has 0 spiro atoms. The van der Waals surface area contributed by atoms with Gasteiger partial charge in [-0.05, 0) is 39.8 Å². The number of nitrogens with one attached hydrogen (secondary N) is 2. The van der Waals surface area contributed by atoms with E-state index in [2.05, 4.69) is 20.6 Å². The van der Waals surface area contributed by atoms with Crippen LogP contribution in [0, 0.1) is 0 Å². The maximum Gasteiger partial charge on any atom is 0.407 e. The Kier molecular flexibility index (Phi) is 3.99. The van der Waals surface area contributed by atoms with Gasteiger partial charge in [0.2, 0.25) is 0 Å². The number of rotatable bonds is 2. The number of amides is 1. The highest BCUT2D eigenvalue weighted by molar-refractivity contribution is 5.68. The molecule has 0 aromatic carbocycles. The Morgan fingerprint density at radius 1 is 1.53 bits per heavy atom. The molecule has 0 unspecified atom stereocenters. The third-order valence-corrected chi connectivity index (χ3v) is 2.85. The Balaban J connectivity index is 1.98. The average molecular weight is 264 g/mol. The van der Waals surface area contributed by atoms with Gasteiger partial charge in [0.15, 0.2) is 0 Å². The second-order valence-electron chi connectivity index (χ2n) is 5.61. The van der Waals surface area contributed by atoms with Gasteiger partial charge in [-0.1, -0.05) is 0 Å². The topological polar surface area (TPSA) is 76.1 Å². The second kappa shape index (κ2) is 5.52. The van der Waals surface area contributed by atoms with Crippen LogP contribution in [0.15, 0.2) is 18.6 Å². The minimum Gasteiger partial charge on any atom is -0.444 e. The van der Waals surface area contributed by atoms with E-state index in [1.165, 1.54) is 6.33 Å². The fourth-order valence-electron chi connectivity index (χ4n) is 2.11. The van der Waals surface area contributed by atoms with Crippen molar-refractivity contribution in [2.75, 3.05) is 6.54 Å². The van der Waals surface area contributed by atoms with Crippen molar-refractivity contribution in [3.8, 4) is 0 Å². The number of alkyl carbamates (subject to hydrolysis) is 1. The van der Waals surface area contributed by atoms with Crippen LogP contribution in [0.3, 0.4) is 0 Å². The van der Waals surface area contributed by atoms with E-state index in [0.717, 1.165) is 18.7 Å². The molecule has 0 saturated carbocycles. The van der Waals surface area contributed by atoms with E-state index in [4.69, 9.17) is 4.74 Å². The van der Waals surface area contributed by atoms with Crippen molar-refractivity contribution in [3.05, 3.63) is 24.3 Å². The summed E-state index contributed by atoms with van der Waals surface area (Å²) in [5, 5.41) is 6.23. The number of carbonyl (C=O) groups is 1. The molecule has 1 saturated heterocycles. The molecule has 2 rings (SSSR count). The Labute approximate surface area is 113 Å². The maximum absolute atomic E-state index is 11.8. The number of ether oxygens (including phenoxy) is 1. The van der Waals surface area contributed by atoms with Crippen LogP contribution in [0.25, 0.3) is 0 Å². The molecule has 0 aliphatic carbocycles. The highest BCUT2D eigenvalue weighted by atomic mass is 16.6. The molecule has 0 radical (unpaired) electrons. The first kappa shape index (κ1) is 13.7. The normalized spacial score (nSPS) is 23.1. The van der Waals surface area contributed by atoms with Gasteiger partial charge in [0.05, 0.1) is 17.8 Å². The molecule has 0 bridgehead atoms. The smallest absolute Gasteiger partial charge is 0.407 e. The van der Waals surface area contributed by atoms with E-state index in [-0.39, 0.29) is 18.2 Å². The van der Waals surface area contributed by atoms with Gasteiger partial charge in [0.1, 0.15) is 11.9 Å².